The fourth-order valence-corrected chi connectivity index (χ4v) is 1.75. The highest BCUT2D eigenvalue weighted by molar-refractivity contribution is 9.10. The number of hydrogen-bond acceptors (Lipinski definition) is 1. The van der Waals surface area contributed by atoms with Crippen LogP contribution in [0.2, 0.25) is 0 Å². The maximum atomic E-state index is 13.5. The molecule has 92 valence electrons. The van der Waals surface area contributed by atoms with Gasteiger partial charge in [0.1, 0.15) is 11.6 Å². The number of carbonyl (C=O) groups is 1. The zero-order chi connectivity index (χ0) is 13.1. The van der Waals surface area contributed by atoms with Crippen LogP contribution in [0.25, 0.3) is 0 Å². The predicted molar refractivity (Wildman–Crippen MR) is 68.5 cm³/mol. The third-order valence-electron chi connectivity index (χ3n) is 2.27. The molecule has 0 heterocycles. The van der Waals surface area contributed by atoms with Crippen molar-refractivity contribution >= 4 is 27.5 Å². The van der Waals surface area contributed by atoms with E-state index in [1.165, 1.54) is 30.3 Å². The Morgan fingerprint density at radius 3 is 2.56 bits per heavy atom. The summed E-state index contributed by atoms with van der Waals surface area (Å²) in [5.41, 5.74) is 0.185. The Morgan fingerprint density at radius 1 is 1.11 bits per heavy atom. The molecular formula is C13H8BrF2NO. The third kappa shape index (κ3) is 2.92. The third-order valence-corrected chi connectivity index (χ3v) is 2.76. The predicted octanol–water partition coefficient (Wildman–Crippen LogP) is 3.98. The molecule has 2 aromatic carbocycles. The van der Waals surface area contributed by atoms with Gasteiger partial charge in [-0.3, -0.25) is 4.79 Å². The number of rotatable bonds is 2. The van der Waals surface area contributed by atoms with E-state index >= 15 is 0 Å². The summed E-state index contributed by atoms with van der Waals surface area (Å²) in [4.78, 5) is 11.7. The van der Waals surface area contributed by atoms with E-state index in [-0.39, 0.29) is 11.3 Å². The van der Waals surface area contributed by atoms with Crippen molar-refractivity contribution in [2.24, 2.45) is 0 Å². The molecule has 0 spiro atoms. The van der Waals surface area contributed by atoms with Crippen LogP contribution >= 0.6 is 15.9 Å². The highest BCUT2D eigenvalue weighted by atomic mass is 79.9. The number of anilines is 1. The average molecular weight is 312 g/mol. The lowest BCUT2D eigenvalue weighted by atomic mass is 10.2. The summed E-state index contributed by atoms with van der Waals surface area (Å²) in [6.07, 6.45) is 0. The number of benzene rings is 2. The van der Waals surface area contributed by atoms with Crippen molar-refractivity contribution in [2.45, 2.75) is 0 Å². The molecule has 0 atom stereocenters. The second kappa shape index (κ2) is 5.27. The summed E-state index contributed by atoms with van der Waals surface area (Å²) in [7, 11) is 0. The van der Waals surface area contributed by atoms with Crippen LogP contribution in [0, 0.1) is 11.6 Å². The van der Waals surface area contributed by atoms with Crippen molar-refractivity contribution in [1.82, 2.24) is 0 Å². The average Bonchev–Trinajstić information content (AvgIpc) is 2.32. The van der Waals surface area contributed by atoms with E-state index in [0.717, 1.165) is 6.07 Å². The monoisotopic (exact) mass is 311 g/mol. The molecule has 0 fully saturated rings. The van der Waals surface area contributed by atoms with Gasteiger partial charge in [0.2, 0.25) is 0 Å². The van der Waals surface area contributed by atoms with Crippen molar-refractivity contribution in [2.75, 3.05) is 5.32 Å². The Hall–Kier alpha value is -1.75. The van der Waals surface area contributed by atoms with Crippen molar-refractivity contribution in [1.29, 1.82) is 0 Å². The topological polar surface area (TPSA) is 29.1 Å². The van der Waals surface area contributed by atoms with Crippen molar-refractivity contribution in [3.63, 3.8) is 0 Å². The van der Waals surface area contributed by atoms with Gasteiger partial charge >= 0.3 is 0 Å². The first-order valence-electron chi connectivity index (χ1n) is 5.08. The molecule has 1 N–H and O–H groups in total. The zero-order valence-corrected chi connectivity index (χ0v) is 10.7. The van der Waals surface area contributed by atoms with Crippen molar-refractivity contribution in [3.05, 3.63) is 64.1 Å². The first kappa shape index (κ1) is 12.7. The molecule has 0 aromatic heterocycles. The van der Waals surface area contributed by atoms with Crippen LogP contribution in [0.5, 0.6) is 0 Å². The molecule has 0 aliphatic heterocycles. The first-order valence-corrected chi connectivity index (χ1v) is 5.87. The van der Waals surface area contributed by atoms with Crippen LogP contribution in [-0.2, 0) is 0 Å². The summed E-state index contributed by atoms with van der Waals surface area (Å²) in [6.45, 7) is 0. The van der Waals surface area contributed by atoms with Crippen LogP contribution in [0.15, 0.2) is 46.9 Å². The summed E-state index contributed by atoms with van der Waals surface area (Å²) in [5, 5.41) is 2.38. The van der Waals surface area contributed by atoms with E-state index in [1.54, 1.807) is 6.07 Å². The molecule has 0 radical (unpaired) electrons. The van der Waals surface area contributed by atoms with Gasteiger partial charge in [0.25, 0.3) is 5.91 Å². The molecule has 5 heteroatoms. The number of carbonyl (C=O) groups excluding carboxylic acids is 1. The molecule has 0 bridgehead atoms. The smallest absolute Gasteiger partial charge is 0.255 e. The Morgan fingerprint density at radius 2 is 1.89 bits per heavy atom. The summed E-state index contributed by atoms with van der Waals surface area (Å²) in [5.74, 6) is -1.64. The second-order valence-electron chi connectivity index (χ2n) is 3.59. The van der Waals surface area contributed by atoms with Gasteiger partial charge in [0, 0.05) is 10.0 Å². The van der Waals surface area contributed by atoms with E-state index < -0.39 is 17.5 Å². The minimum absolute atomic E-state index is 0.0486. The molecule has 0 aliphatic rings. The fraction of sp³-hybridized carbons (Fsp3) is 0. The van der Waals surface area contributed by atoms with Crippen molar-refractivity contribution < 1.29 is 13.6 Å². The van der Waals surface area contributed by atoms with Gasteiger partial charge in [-0.15, -0.1) is 0 Å². The fourth-order valence-electron chi connectivity index (χ4n) is 1.42. The zero-order valence-electron chi connectivity index (χ0n) is 9.08. The van der Waals surface area contributed by atoms with Crippen LogP contribution in [0.4, 0.5) is 14.5 Å². The normalized spacial score (nSPS) is 10.2. The molecule has 0 saturated heterocycles. The van der Waals surface area contributed by atoms with E-state index in [4.69, 9.17) is 0 Å². The van der Waals surface area contributed by atoms with Crippen molar-refractivity contribution in [3.8, 4) is 0 Å². The molecule has 0 saturated carbocycles. The highest BCUT2D eigenvalue weighted by Crippen LogP contribution is 2.20. The maximum Gasteiger partial charge on any atom is 0.255 e. The Bertz CT molecular complexity index is 601. The second-order valence-corrected chi connectivity index (χ2v) is 4.50. The first-order chi connectivity index (χ1) is 8.56. The number of hydrogen-bond donors (Lipinski definition) is 1. The maximum absolute atomic E-state index is 13.5. The number of amides is 1. The van der Waals surface area contributed by atoms with Gasteiger partial charge < -0.3 is 5.32 Å². The Kier molecular flexibility index (Phi) is 3.72. The largest absolute Gasteiger partial charge is 0.319 e. The summed E-state index contributed by atoms with van der Waals surface area (Å²) in [6, 6.07) is 9.46. The lowest BCUT2D eigenvalue weighted by Gasteiger charge is -2.06. The summed E-state index contributed by atoms with van der Waals surface area (Å²) >= 11 is 3.11. The standard InChI is InChI=1S/C13H8BrF2NO/c14-9-4-5-12(11(16)7-9)17-13(18)8-2-1-3-10(15)6-8/h1-7H,(H,17,18). The molecule has 2 nitrogen and oxygen atoms in total. The van der Waals surface area contributed by atoms with Crippen LogP contribution in [-0.4, -0.2) is 5.91 Å². The van der Waals surface area contributed by atoms with Crippen LogP contribution < -0.4 is 5.32 Å². The van der Waals surface area contributed by atoms with Gasteiger partial charge in [-0.05, 0) is 36.4 Å². The highest BCUT2D eigenvalue weighted by Gasteiger charge is 2.10. The van der Waals surface area contributed by atoms with Crippen LogP contribution in [0.3, 0.4) is 0 Å². The molecule has 18 heavy (non-hydrogen) atoms. The Balaban J connectivity index is 2.21. The van der Waals surface area contributed by atoms with Gasteiger partial charge in [-0.1, -0.05) is 22.0 Å². The van der Waals surface area contributed by atoms with E-state index in [0.29, 0.717) is 4.47 Å². The van der Waals surface area contributed by atoms with Crippen LogP contribution in [0.1, 0.15) is 10.4 Å². The number of nitrogens with one attached hydrogen (secondary N) is 1. The molecular weight excluding hydrogens is 304 g/mol. The van der Waals surface area contributed by atoms with E-state index in [2.05, 4.69) is 21.2 Å². The molecule has 0 aliphatic carbocycles. The lowest BCUT2D eigenvalue weighted by molar-refractivity contribution is 0.102. The van der Waals surface area contributed by atoms with Gasteiger partial charge in [-0.25, -0.2) is 8.78 Å². The molecule has 1 amide bonds. The molecule has 0 unspecified atom stereocenters. The number of halogens is 3. The minimum Gasteiger partial charge on any atom is -0.319 e. The lowest BCUT2D eigenvalue weighted by Crippen LogP contribution is -2.13. The molecule has 2 aromatic rings. The minimum atomic E-state index is -0.561. The van der Waals surface area contributed by atoms with E-state index in [1.807, 2.05) is 0 Å². The molecule has 2 rings (SSSR count). The van der Waals surface area contributed by atoms with E-state index in [9.17, 15) is 13.6 Å². The SMILES string of the molecule is O=C(Nc1ccc(Br)cc1F)c1cccc(F)c1. The van der Waals surface area contributed by atoms with Gasteiger partial charge in [0.15, 0.2) is 0 Å². The van der Waals surface area contributed by atoms with Gasteiger partial charge in [0.05, 0.1) is 5.69 Å². The van der Waals surface area contributed by atoms with Gasteiger partial charge in [-0.2, -0.15) is 0 Å². The Labute approximate surface area is 111 Å². The quantitative estimate of drug-likeness (QED) is 0.893. The summed E-state index contributed by atoms with van der Waals surface area (Å²) < 4.78 is 27.0.